The fraction of sp³-hybridized carbons (Fsp3) is 1.00. The highest BCUT2D eigenvalue weighted by Gasteiger charge is 2.32. The van der Waals surface area contributed by atoms with E-state index in [9.17, 15) is 4.39 Å². The molecule has 0 spiro atoms. The summed E-state index contributed by atoms with van der Waals surface area (Å²) in [5.41, 5.74) is -0.186. The quantitative estimate of drug-likeness (QED) is 0.665. The van der Waals surface area contributed by atoms with Gasteiger partial charge in [-0.2, -0.15) is 0 Å². The molecular weight excluding hydrogens is 165 g/mol. The van der Waals surface area contributed by atoms with Crippen molar-refractivity contribution in [1.29, 1.82) is 0 Å². The molecule has 0 aliphatic carbocycles. The summed E-state index contributed by atoms with van der Waals surface area (Å²) in [5.74, 6) is 0.273. The van der Waals surface area contributed by atoms with E-state index in [4.69, 9.17) is 0 Å². The zero-order chi connectivity index (χ0) is 9.90. The normalized spacial score (nSPS) is 28.2. The first kappa shape index (κ1) is 11.0. The molecule has 0 aromatic heterocycles. The van der Waals surface area contributed by atoms with Crippen molar-refractivity contribution in [3.8, 4) is 0 Å². The molecule has 0 saturated carbocycles. The molecule has 0 radical (unpaired) electrons. The summed E-state index contributed by atoms with van der Waals surface area (Å²) in [7, 11) is 0. The summed E-state index contributed by atoms with van der Waals surface area (Å²) in [6.45, 7) is 8.04. The van der Waals surface area contributed by atoms with Crippen molar-refractivity contribution in [2.24, 2.45) is 11.3 Å². The molecule has 1 heterocycles. The average Bonchev–Trinajstić information content (AvgIpc) is 2.28. The molecule has 1 nitrogen and oxygen atoms in total. The second-order valence-corrected chi connectivity index (χ2v) is 5.21. The maximum absolute atomic E-state index is 13.9. The number of alkyl halides is 1. The predicted molar refractivity (Wildman–Crippen MR) is 54.6 cm³/mol. The molecule has 1 fully saturated rings. The smallest absolute Gasteiger partial charge is 0.108 e. The lowest BCUT2D eigenvalue weighted by atomic mass is 9.79. The largest absolute Gasteiger partial charge is 0.317 e. The third-order valence-corrected chi connectivity index (χ3v) is 2.86. The molecule has 78 valence electrons. The van der Waals surface area contributed by atoms with Crippen molar-refractivity contribution < 1.29 is 4.39 Å². The Kier molecular flexibility index (Phi) is 3.72. The topological polar surface area (TPSA) is 12.0 Å². The van der Waals surface area contributed by atoms with Crippen LogP contribution in [0.1, 0.15) is 40.0 Å². The molecule has 0 amide bonds. The molecule has 0 bridgehead atoms. The van der Waals surface area contributed by atoms with Crippen LogP contribution in [-0.2, 0) is 0 Å². The van der Waals surface area contributed by atoms with E-state index < -0.39 is 6.17 Å². The maximum atomic E-state index is 13.9. The van der Waals surface area contributed by atoms with E-state index in [1.54, 1.807) is 0 Å². The van der Waals surface area contributed by atoms with E-state index in [-0.39, 0.29) is 11.3 Å². The highest BCUT2D eigenvalue weighted by atomic mass is 19.1. The van der Waals surface area contributed by atoms with E-state index in [0.29, 0.717) is 0 Å². The van der Waals surface area contributed by atoms with Gasteiger partial charge in [-0.25, -0.2) is 4.39 Å². The van der Waals surface area contributed by atoms with Gasteiger partial charge in [-0.05, 0) is 43.7 Å². The van der Waals surface area contributed by atoms with E-state index in [1.807, 2.05) is 20.8 Å². The van der Waals surface area contributed by atoms with Gasteiger partial charge in [0.2, 0.25) is 0 Å². The van der Waals surface area contributed by atoms with Crippen molar-refractivity contribution in [2.75, 3.05) is 13.1 Å². The zero-order valence-electron chi connectivity index (χ0n) is 9.07. The van der Waals surface area contributed by atoms with Gasteiger partial charge in [0.05, 0.1) is 0 Å². The van der Waals surface area contributed by atoms with Crippen molar-refractivity contribution in [1.82, 2.24) is 5.32 Å². The second-order valence-electron chi connectivity index (χ2n) is 5.21. The standard InChI is InChI=1S/C11H22FN/c1-11(2,3)10(12)9-5-4-7-13-8-6-9/h9-10,13H,4-8H2,1-3H3. The molecule has 1 N–H and O–H groups in total. The molecule has 2 heteroatoms. The molecule has 1 saturated heterocycles. The van der Waals surface area contributed by atoms with Gasteiger partial charge in [0, 0.05) is 0 Å². The van der Waals surface area contributed by atoms with Crippen molar-refractivity contribution in [2.45, 2.75) is 46.2 Å². The minimum atomic E-state index is -0.646. The summed E-state index contributed by atoms with van der Waals surface area (Å²) in [6, 6.07) is 0. The lowest BCUT2D eigenvalue weighted by Crippen LogP contribution is -2.30. The van der Waals surface area contributed by atoms with Crippen LogP contribution in [0.3, 0.4) is 0 Å². The first-order chi connectivity index (χ1) is 6.02. The van der Waals surface area contributed by atoms with Crippen LogP contribution in [0.2, 0.25) is 0 Å². The molecule has 1 aliphatic rings. The minimum absolute atomic E-state index is 0.186. The monoisotopic (exact) mass is 187 g/mol. The zero-order valence-corrected chi connectivity index (χ0v) is 9.07. The molecule has 0 aromatic rings. The molecule has 2 atom stereocenters. The Hall–Kier alpha value is -0.110. The van der Waals surface area contributed by atoms with E-state index >= 15 is 0 Å². The van der Waals surface area contributed by atoms with Gasteiger partial charge in [0.25, 0.3) is 0 Å². The van der Waals surface area contributed by atoms with Crippen LogP contribution in [0.25, 0.3) is 0 Å². The summed E-state index contributed by atoms with van der Waals surface area (Å²) >= 11 is 0. The molecular formula is C11H22FN. The van der Waals surface area contributed by atoms with Gasteiger partial charge < -0.3 is 5.32 Å². The van der Waals surface area contributed by atoms with Crippen LogP contribution < -0.4 is 5.32 Å². The Morgan fingerprint density at radius 2 is 1.92 bits per heavy atom. The maximum Gasteiger partial charge on any atom is 0.108 e. The first-order valence-corrected chi connectivity index (χ1v) is 5.36. The number of halogens is 1. The van der Waals surface area contributed by atoms with Crippen LogP contribution in [0, 0.1) is 11.3 Å². The molecule has 1 aliphatic heterocycles. The molecule has 1 rings (SSSR count). The third-order valence-electron chi connectivity index (χ3n) is 2.86. The first-order valence-electron chi connectivity index (χ1n) is 5.36. The van der Waals surface area contributed by atoms with E-state index in [0.717, 1.165) is 32.4 Å². The van der Waals surface area contributed by atoms with Crippen LogP contribution in [0.5, 0.6) is 0 Å². The lowest BCUT2D eigenvalue weighted by molar-refractivity contribution is 0.0899. The number of hydrogen-bond acceptors (Lipinski definition) is 1. The van der Waals surface area contributed by atoms with Crippen molar-refractivity contribution in [3.05, 3.63) is 0 Å². The van der Waals surface area contributed by atoms with E-state index in [1.165, 1.54) is 0 Å². The van der Waals surface area contributed by atoms with E-state index in [2.05, 4.69) is 5.32 Å². The third kappa shape index (κ3) is 3.26. The SMILES string of the molecule is CC(C)(C)C(F)C1CCCNCC1. The second kappa shape index (κ2) is 4.41. The van der Waals surface area contributed by atoms with Crippen LogP contribution in [0.4, 0.5) is 4.39 Å². The number of rotatable bonds is 1. The van der Waals surface area contributed by atoms with Gasteiger partial charge >= 0.3 is 0 Å². The number of nitrogens with one attached hydrogen (secondary N) is 1. The predicted octanol–water partition coefficient (Wildman–Crippen LogP) is 2.76. The molecule has 0 aromatic carbocycles. The van der Waals surface area contributed by atoms with Crippen LogP contribution >= 0.6 is 0 Å². The summed E-state index contributed by atoms with van der Waals surface area (Å²) in [4.78, 5) is 0. The van der Waals surface area contributed by atoms with Crippen molar-refractivity contribution >= 4 is 0 Å². The number of hydrogen-bond donors (Lipinski definition) is 1. The summed E-state index contributed by atoms with van der Waals surface area (Å²) in [5, 5.41) is 3.32. The Labute approximate surface area is 81.1 Å². The lowest BCUT2D eigenvalue weighted by Gasteiger charge is -2.30. The average molecular weight is 187 g/mol. The van der Waals surface area contributed by atoms with Gasteiger partial charge in [-0.15, -0.1) is 0 Å². The Morgan fingerprint density at radius 1 is 1.23 bits per heavy atom. The molecule has 13 heavy (non-hydrogen) atoms. The van der Waals surface area contributed by atoms with Gasteiger partial charge in [-0.3, -0.25) is 0 Å². The van der Waals surface area contributed by atoms with Crippen molar-refractivity contribution in [3.63, 3.8) is 0 Å². The highest BCUT2D eigenvalue weighted by molar-refractivity contribution is 4.82. The summed E-state index contributed by atoms with van der Waals surface area (Å²) in [6.07, 6.45) is 2.53. The fourth-order valence-corrected chi connectivity index (χ4v) is 2.05. The summed E-state index contributed by atoms with van der Waals surface area (Å²) < 4.78 is 13.9. The van der Waals surface area contributed by atoms with Crippen LogP contribution in [0.15, 0.2) is 0 Å². The Bertz CT molecular complexity index is 143. The Morgan fingerprint density at radius 3 is 2.54 bits per heavy atom. The molecule has 2 unspecified atom stereocenters. The highest BCUT2D eigenvalue weighted by Crippen LogP contribution is 2.33. The van der Waals surface area contributed by atoms with Crippen LogP contribution in [-0.4, -0.2) is 19.3 Å². The van der Waals surface area contributed by atoms with Gasteiger partial charge in [-0.1, -0.05) is 20.8 Å². The minimum Gasteiger partial charge on any atom is -0.317 e. The van der Waals surface area contributed by atoms with Gasteiger partial charge in [0.1, 0.15) is 6.17 Å². The van der Waals surface area contributed by atoms with Gasteiger partial charge in [0.15, 0.2) is 0 Å². The fourth-order valence-electron chi connectivity index (χ4n) is 2.05. The Balaban J connectivity index is 2.48.